The molecule has 0 aromatic heterocycles. The SMILES string of the molecule is CCC(C)(C)C(=O)OC1CC2CC1C1C(OCCC(=O)O)CCC21. The summed E-state index contributed by atoms with van der Waals surface area (Å²) in [5.41, 5.74) is -0.422. The molecule has 3 aliphatic carbocycles. The van der Waals surface area contributed by atoms with Gasteiger partial charge in [0.2, 0.25) is 0 Å². The van der Waals surface area contributed by atoms with Crippen molar-refractivity contribution in [3.8, 4) is 0 Å². The summed E-state index contributed by atoms with van der Waals surface area (Å²) >= 11 is 0. The van der Waals surface area contributed by atoms with Gasteiger partial charge >= 0.3 is 11.9 Å². The van der Waals surface area contributed by atoms with Crippen molar-refractivity contribution in [3.63, 3.8) is 0 Å². The predicted octanol–water partition coefficient (Wildman–Crippen LogP) is 3.26. The summed E-state index contributed by atoms with van der Waals surface area (Å²) in [6, 6.07) is 0. The molecule has 6 unspecified atom stereocenters. The van der Waals surface area contributed by atoms with Crippen LogP contribution in [0.5, 0.6) is 0 Å². The number of carboxylic acids is 1. The molecule has 3 fully saturated rings. The van der Waals surface area contributed by atoms with E-state index in [2.05, 4.69) is 0 Å². The minimum atomic E-state index is -0.814. The van der Waals surface area contributed by atoms with Crippen molar-refractivity contribution in [1.82, 2.24) is 0 Å². The second-order valence-corrected chi connectivity index (χ2v) is 8.45. The van der Waals surface area contributed by atoms with Gasteiger partial charge in [0.15, 0.2) is 0 Å². The molecule has 0 saturated heterocycles. The Bertz CT molecular complexity index is 500. The van der Waals surface area contributed by atoms with E-state index in [9.17, 15) is 9.59 Å². The number of fused-ring (bicyclic) bond motifs is 5. The van der Waals surface area contributed by atoms with E-state index < -0.39 is 11.4 Å². The van der Waals surface area contributed by atoms with Gasteiger partial charge in [-0.1, -0.05) is 6.92 Å². The zero-order valence-corrected chi connectivity index (χ0v) is 15.0. The highest BCUT2D eigenvalue weighted by atomic mass is 16.5. The van der Waals surface area contributed by atoms with Crippen molar-refractivity contribution < 1.29 is 24.2 Å². The zero-order chi connectivity index (χ0) is 17.5. The molecule has 3 aliphatic rings. The molecule has 3 rings (SSSR count). The Morgan fingerprint density at radius 2 is 1.88 bits per heavy atom. The van der Waals surface area contributed by atoms with Gasteiger partial charge < -0.3 is 14.6 Å². The van der Waals surface area contributed by atoms with Gasteiger partial charge in [-0.25, -0.2) is 0 Å². The molecule has 0 radical (unpaired) electrons. The Kier molecular flexibility index (Phi) is 4.92. The Balaban J connectivity index is 1.60. The third-order valence-corrected chi connectivity index (χ3v) is 6.74. The Morgan fingerprint density at radius 3 is 2.54 bits per heavy atom. The van der Waals surface area contributed by atoms with Gasteiger partial charge in [0.1, 0.15) is 6.10 Å². The van der Waals surface area contributed by atoms with E-state index in [0.29, 0.717) is 23.7 Å². The van der Waals surface area contributed by atoms with Crippen LogP contribution in [0.15, 0.2) is 0 Å². The quantitative estimate of drug-likeness (QED) is 0.721. The molecule has 0 aliphatic heterocycles. The summed E-state index contributed by atoms with van der Waals surface area (Å²) in [5, 5.41) is 8.78. The number of hydrogen-bond donors (Lipinski definition) is 1. The van der Waals surface area contributed by atoms with Crippen LogP contribution in [0.4, 0.5) is 0 Å². The standard InChI is InChI=1S/C19H30O5/c1-4-19(2,3)18(22)24-15-10-11-9-13(15)17-12(11)5-6-14(17)23-8-7-16(20)21/h11-15,17H,4-10H2,1-3H3,(H,20,21). The van der Waals surface area contributed by atoms with Crippen LogP contribution in [-0.4, -0.2) is 35.9 Å². The fraction of sp³-hybridized carbons (Fsp3) is 0.895. The van der Waals surface area contributed by atoms with E-state index >= 15 is 0 Å². The first-order chi connectivity index (χ1) is 11.3. The van der Waals surface area contributed by atoms with E-state index in [1.165, 1.54) is 6.42 Å². The highest BCUT2D eigenvalue weighted by Crippen LogP contribution is 2.60. The summed E-state index contributed by atoms with van der Waals surface area (Å²) in [4.78, 5) is 23.1. The number of carboxylic acid groups (broad SMARTS) is 1. The Morgan fingerprint density at radius 1 is 1.12 bits per heavy atom. The lowest BCUT2D eigenvalue weighted by atomic mass is 9.79. The monoisotopic (exact) mass is 338 g/mol. The van der Waals surface area contributed by atoms with Crippen LogP contribution in [0.3, 0.4) is 0 Å². The number of ether oxygens (including phenoxy) is 2. The van der Waals surface area contributed by atoms with Crippen molar-refractivity contribution in [2.45, 2.75) is 71.5 Å². The topological polar surface area (TPSA) is 72.8 Å². The zero-order valence-electron chi connectivity index (χ0n) is 15.0. The summed E-state index contributed by atoms with van der Waals surface area (Å²) in [5.74, 6) is 1.27. The normalized spacial score (nSPS) is 37.5. The molecule has 6 atom stereocenters. The van der Waals surface area contributed by atoms with E-state index in [-0.39, 0.29) is 31.2 Å². The molecule has 24 heavy (non-hydrogen) atoms. The third kappa shape index (κ3) is 3.19. The third-order valence-electron chi connectivity index (χ3n) is 6.74. The van der Waals surface area contributed by atoms with Crippen molar-refractivity contribution in [1.29, 1.82) is 0 Å². The van der Waals surface area contributed by atoms with Crippen LogP contribution in [0.25, 0.3) is 0 Å². The molecule has 5 heteroatoms. The smallest absolute Gasteiger partial charge is 0.311 e. The first kappa shape index (κ1) is 17.7. The maximum absolute atomic E-state index is 12.4. The van der Waals surface area contributed by atoms with Gasteiger partial charge in [-0.15, -0.1) is 0 Å². The molecule has 0 aromatic carbocycles. The van der Waals surface area contributed by atoms with Crippen molar-refractivity contribution in [3.05, 3.63) is 0 Å². The highest BCUT2D eigenvalue weighted by Gasteiger charge is 2.59. The second kappa shape index (κ2) is 6.66. The van der Waals surface area contributed by atoms with Crippen LogP contribution < -0.4 is 0 Å². The molecule has 5 nitrogen and oxygen atoms in total. The van der Waals surface area contributed by atoms with E-state index in [1.54, 1.807) is 0 Å². The molecule has 1 N–H and O–H groups in total. The van der Waals surface area contributed by atoms with Gasteiger partial charge in [-0.2, -0.15) is 0 Å². The fourth-order valence-electron chi connectivity index (χ4n) is 5.05. The van der Waals surface area contributed by atoms with Crippen LogP contribution in [-0.2, 0) is 19.1 Å². The van der Waals surface area contributed by atoms with Gasteiger partial charge in [0.25, 0.3) is 0 Å². The molecular weight excluding hydrogens is 308 g/mol. The average Bonchev–Trinajstić information content (AvgIpc) is 3.19. The molecule has 3 saturated carbocycles. The van der Waals surface area contributed by atoms with Gasteiger partial charge in [-0.05, 0) is 63.7 Å². The summed E-state index contributed by atoms with van der Waals surface area (Å²) in [6.45, 7) is 6.19. The van der Waals surface area contributed by atoms with Gasteiger partial charge in [0, 0.05) is 5.92 Å². The second-order valence-electron chi connectivity index (χ2n) is 8.45. The molecular formula is C19H30O5. The van der Waals surface area contributed by atoms with Crippen molar-refractivity contribution in [2.75, 3.05) is 6.61 Å². The Hall–Kier alpha value is -1.10. The van der Waals surface area contributed by atoms with E-state index in [0.717, 1.165) is 25.7 Å². The lowest BCUT2D eigenvalue weighted by Gasteiger charge is -2.35. The van der Waals surface area contributed by atoms with Gasteiger partial charge in [0.05, 0.1) is 24.5 Å². The molecule has 136 valence electrons. The highest BCUT2D eigenvalue weighted by molar-refractivity contribution is 5.76. The summed E-state index contributed by atoms with van der Waals surface area (Å²) in [7, 11) is 0. The lowest BCUT2D eigenvalue weighted by Crippen LogP contribution is -2.39. The fourth-order valence-corrected chi connectivity index (χ4v) is 5.05. The number of carbonyl (C=O) groups excluding carboxylic acids is 1. The number of aliphatic carboxylic acids is 1. The lowest BCUT2D eigenvalue weighted by molar-refractivity contribution is -0.165. The summed E-state index contributed by atoms with van der Waals surface area (Å²) in [6.07, 6.45) is 5.33. The van der Waals surface area contributed by atoms with E-state index in [1.807, 2.05) is 20.8 Å². The average molecular weight is 338 g/mol. The minimum absolute atomic E-state index is 0.0262. The number of carbonyl (C=O) groups is 2. The number of esters is 1. The maximum Gasteiger partial charge on any atom is 0.311 e. The van der Waals surface area contributed by atoms with E-state index in [4.69, 9.17) is 14.6 Å². The summed E-state index contributed by atoms with van der Waals surface area (Å²) < 4.78 is 11.8. The largest absolute Gasteiger partial charge is 0.481 e. The Labute approximate surface area is 144 Å². The number of hydrogen-bond acceptors (Lipinski definition) is 4. The number of rotatable bonds is 7. The van der Waals surface area contributed by atoms with Crippen LogP contribution in [0.1, 0.15) is 59.3 Å². The molecule has 0 spiro atoms. The first-order valence-corrected chi connectivity index (χ1v) is 9.38. The van der Waals surface area contributed by atoms with Crippen LogP contribution in [0.2, 0.25) is 0 Å². The van der Waals surface area contributed by atoms with Crippen molar-refractivity contribution in [2.24, 2.45) is 29.1 Å². The molecule has 2 bridgehead atoms. The maximum atomic E-state index is 12.4. The van der Waals surface area contributed by atoms with Crippen molar-refractivity contribution >= 4 is 11.9 Å². The van der Waals surface area contributed by atoms with Crippen LogP contribution >= 0.6 is 0 Å². The molecule has 0 heterocycles. The van der Waals surface area contributed by atoms with Gasteiger partial charge in [-0.3, -0.25) is 9.59 Å². The molecule has 0 aromatic rings. The molecule has 0 amide bonds. The first-order valence-electron chi connectivity index (χ1n) is 9.38. The van der Waals surface area contributed by atoms with Crippen LogP contribution in [0, 0.1) is 29.1 Å². The minimum Gasteiger partial charge on any atom is -0.481 e. The predicted molar refractivity (Wildman–Crippen MR) is 88.4 cm³/mol.